The molecular weight excluding hydrogens is 324 g/mol. The van der Waals surface area contributed by atoms with Gasteiger partial charge in [-0.1, -0.05) is 13.0 Å². The summed E-state index contributed by atoms with van der Waals surface area (Å²) in [6, 6.07) is 5.97. The quantitative estimate of drug-likeness (QED) is 0.696. The zero-order valence-corrected chi connectivity index (χ0v) is 13.5. The molecule has 0 saturated carbocycles. The molecule has 0 bridgehead atoms. The van der Waals surface area contributed by atoms with Crippen LogP contribution in [0.3, 0.4) is 0 Å². The lowest BCUT2D eigenvalue weighted by Crippen LogP contribution is -2.06. The summed E-state index contributed by atoms with van der Waals surface area (Å²) in [4.78, 5) is 10.6. The Morgan fingerprint density at radius 3 is 2.75 bits per heavy atom. The molecule has 0 heterocycles. The third-order valence-electron chi connectivity index (χ3n) is 2.99. The topological polar surface area (TPSA) is 55.8 Å². The molecule has 0 saturated heterocycles. The van der Waals surface area contributed by atoms with Crippen LogP contribution in [-0.4, -0.2) is 31.4 Å². The van der Waals surface area contributed by atoms with Crippen LogP contribution in [0.25, 0.3) is 0 Å². The van der Waals surface area contributed by atoms with Gasteiger partial charge in [0.15, 0.2) is 0 Å². The van der Waals surface area contributed by atoms with Gasteiger partial charge in [0.25, 0.3) is 0 Å². The van der Waals surface area contributed by atoms with E-state index in [0.29, 0.717) is 13.2 Å². The van der Waals surface area contributed by atoms with Crippen molar-refractivity contribution in [3.8, 4) is 5.75 Å². The number of aryl methyl sites for hydroxylation is 1. The monoisotopic (exact) mass is 344 g/mol. The standard InChI is InChI=1S/C15H21BrO4/c1-11(9-15(17)18)3-4-12-5-6-14(13(16)10-12)20-8-7-19-2/h5-6,10-11H,3-4,7-9H2,1-2H3,(H,17,18). The van der Waals surface area contributed by atoms with Crippen molar-refractivity contribution in [1.82, 2.24) is 0 Å². The van der Waals surface area contributed by atoms with Gasteiger partial charge in [0.2, 0.25) is 0 Å². The van der Waals surface area contributed by atoms with E-state index in [1.54, 1.807) is 7.11 Å². The van der Waals surface area contributed by atoms with Crippen molar-refractivity contribution >= 4 is 21.9 Å². The summed E-state index contributed by atoms with van der Waals surface area (Å²) in [6.07, 6.45) is 1.95. The predicted molar refractivity (Wildman–Crippen MR) is 81.3 cm³/mol. The van der Waals surface area contributed by atoms with Gasteiger partial charge in [0.05, 0.1) is 11.1 Å². The minimum Gasteiger partial charge on any atom is -0.490 e. The van der Waals surface area contributed by atoms with E-state index in [0.717, 1.165) is 23.1 Å². The molecule has 1 rings (SSSR count). The molecular formula is C15H21BrO4. The van der Waals surface area contributed by atoms with Crippen molar-refractivity contribution in [2.24, 2.45) is 5.92 Å². The zero-order valence-electron chi connectivity index (χ0n) is 11.9. The molecule has 20 heavy (non-hydrogen) atoms. The Hall–Kier alpha value is -1.07. The summed E-state index contributed by atoms with van der Waals surface area (Å²) in [6.45, 7) is 3.04. The van der Waals surface area contributed by atoms with E-state index in [2.05, 4.69) is 15.9 Å². The van der Waals surface area contributed by atoms with E-state index < -0.39 is 5.97 Å². The lowest BCUT2D eigenvalue weighted by molar-refractivity contribution is -0.138. The number of halogens is 1. The van der Waals surface area contributed by atoms with Crippen LogP contribution >= 0.6 is 15.9 Å². The number of hydrogen-bond acceptors (Lipinski definition) is 3. The second kappa shape index (κ2) is 8.97. The molecule has 0 fully saturated rings. The Balaban J connectivity index is 2.48. The maximum absolute atomic E-state index is 10.6. The van der Waals surface area contributed by atoms with Crippen LogP contribution in [0.15, 0.2) is 22.7 Å². The lowest BCUT2D eigenvalue weighted by Gasteiger charge is -2.11. The summed E-state index contributed by atoms with van der Waals surface area (Å²) in [5.41, 5.74) is 1.17. The fourth-order valence-electron chi connectivity index (χ4n) is 1.87. The molecule has 0 aliphatic rings. The summed E-state index contributed by atoms with van der Waals surface area (Å²) >= 11 is 3.49. The fraction of sp³-hybridized carbons (Fsp3) is 0.533. The highest BCUT2D eigenvalue weighted by Crippen LogP contribution is 2.27. The highest BCUT2D eigenvalue weighted by atomic mass is 79.9. The number of carboxylic acids is 1. The van der Waals surface area contributed by atoms with Crippen LogP contribution in [0.1, 0.15) is 25.3 Å². The first kappa shape index (κ1) is 17.0. The molecule has 5 heteroatoms. The Labute approximate surface area is 128 Å². The van der Waals surface area contributed by atoms with Crippen molar-refractivity contribution < 1.29 is 19.4 Å². The number of aliphatic carboxylic acids is 1. The maximum Gasteiger partial charge on any atom is 0.303 e. The molecule has 0 spiro atoms. The molecule has 0 radical (unpaired) electrons. The zero-order chi connectivity index (χ0) is 15.0. The van der Waals surface area contributed by atoms with Crippen LogP contribution in [0.5, 0.6) is 5.75 Å². The van der Waals surface area contributed by atoms with Gasteiger partial charge in [-0.25, -0.2) is 0 Å². The van der Waals surface area contributed by atoms with Crippen LogP contribution < -0.4 is 4.74 Å². The number of carbonyl (C=O) groups is 1. The average Bonchev–Trinajstić information content (AvgIpc) is 2.38. The maximum atomic E-state index is 10.6. The van der Waals surface area contributed by atoms with Crippen LogP contribution in [0.2, 0.25) is 0 Å². The first-order valence-electron chi connectivity index (χ1n) is 6.65. The van der Waals surface area contributed by atoms with E-state index in [9.17, 15) is 4.79 Å². The molecule has 0 aromatic heterocycles. The Morgan fingerprint density at radius 2 is 2.15 bits per heavy atom. The Kier molecular flexibility index (Phi) is 7.62. The highest BCUT2D eigenvalue weighted by Gasteiger charge is 2.09. The van der Waals surface area contributed by atoms with Crippen LogP contribution in [-0.2, 0) is 16.0 Å². The lowest BCUT2D eigenvalue weighted by atomic mass is 9.98. The smallest absolute Gasteiger partial charge is 0.303 e. The third kappa shape index (κ3) is 6.39. The molecule has 0 amide bonds. The summed E-state index contributed by atoms with van der Waals surface area (Å²) in [5.74, 6) is 0.244. The van der Waals surface area contributed by atoms with Gasteiger partial charge >= 0.3 is 5.97 Å². The molecule has 1 N–H and O–H groups in total. The number of carboxylic acid groups (broad SMARTS) is 1. The molecule has 0 aliphatic heterocycles. The van der Waals surface area contributed by atoms with Crippen LogP contribution in [0, 0.1) is 5.92 Å². The van der Waals surface area contributed by atoms with Crippen molar-refractivity contribution in [3.05, 3.63) is 28.2 Å². The number of benzene rings is 1. The second-order valence-electron chi connectivity index (χ2n) is 4.85. The molecule has 1 unspecified atom stereocenters. The number of hydrogen-bond donors (Lipinski definition) is 1. The van der Waals surface area contributed by atoms with E-state index in [1.165, 1.54) is 5.56 Å². The van der Waals surface area contributed by atoms with Gasteiger partial charge in [0.1, 0.15) is 12.4 Å². The van der Waals surface area contributed by atoms with Gasteiger partial charge in [-0.05, 0) is 52.4 Å². The van der Waals surface area contributed by atoms with Crippen molar-refractivity contribution in [2.45, 2.75) is 26.2 Å². The van der Waals surface area contributed by atoms with Gasteiger partial charge in [0, 0.05) is 13.5 Å². The molecule has 4 nitrogen and oxygen atoms in total. The van der Waals surface area contributed by atoms with Gasteiger partial charge in [-0.15, -0.1) is 0 Å². The van der Waals surface area contributed by atoms with Crippen molar-refractivity contribution in [2.75, 3.05) is 20.3 Å². The molecule has 1 aromatic rings. The Morgan fingerprint density at radius 1 is 1.40 bits per heavy atom. The van der Waals surface area contributed by atoms with Crippen molar-refractivity contribution in [3.63, 3.8) is 0 Å². The summed E-state index contributed by atoms with van der Waals surface area (Å²) < 4.78 is 11.4. The van der Waals surface area contributed by atoms with E-state index in [-0.39, 0.29) is 12.3 Å². The number of rotatable bonds is 9. The minimum atomic E-state index is -0.736. The molecule has 1 atom stereocenters. The fourth-order valence-corrected chi connectivity index (χ4v) is 2.41. The highest BCUT2D eigenvalue weighted by molar-refractivity contribution is 9.10. The predicted octanol–water partition coefficient (Wildman–Crippen LogP) is 3.52. The van der Waals surface area contributed by atoms with Gasteiger partial charge in [-0.3, -0.25) is 4.79 Å². The van der Waals surface area contributed by atoms with E-state index >= 15 is 0 Å². The molecule has 112 valence electrons. The normalized spacial score (nSPS) is 12.2. The van der Waals surface area contributed by atoms with E-state index in [4.69, 9.17) is 14.6 Å². The Bertz CT molecular complexity index is 434. The number of methoxy groups -OCH3 is 1. The SMILES string of the molecule is COCCOc1ccc(CCC(C)CC(=O)O)cc1Br. The minimum absolute atomic E-state index is 0.184. The van der Waals surface area contributed by atoms with Gasteiger partial charge in [-0.2, -0.15) is 0 Å². The average molecular weight is 345 g/mol. The second-order valence-corrected chi connectivity index (χ2v) is 5.70. The first-order chi connectivity index (χ1) is 9.52. The summed E-state index contributed by atoms with van der Waals surface area (Å²) in [7, 11) is 1.64. The van der Waals surface area contributed by atoms with Crippen molar-refractivity contribution in [1.29, 1.82) is 0 Å². The molecule has 1 aromatic carbocycles. The van der Waals surface area contributed by atoms with Crippen LogP contribution in [0.4, 0.5) is 0 Å². The third-order valence-corrected chi connectivity index (χ3v) is 3.61. The number of ether oxygens (including phenoxy) is 2. The molecule has 0 aliphatic carbocycles. The van der Waals surface area contributed by atoms with Gasteiger partial charge < -0.3 is 14.6 Å². The summed E-state index contributed by atoms with van der Waals surface area (Å²) in [5, 5.41) is 8.73. The largest absolute Gasteiger partial charge is 0.490 e. The first-order valence-corrected chi connectivity index (χ1v) is 7.44. The van der Waals surface area contributed by atoms with E-state index in [1.807, 2.05) is 25.1 Å².